The molecular formula is C31H35N3O5S. The van der Waals surface area contributed by atoms with Crippen LogP contribution in [0.4, 0.5) is 5.69 Å². The van der Waals surface area contributed by atoms with Gasteiger partial charge in [-0.15, -0.1) is 0 Å². The van der Waals surface area contributed by atoms with Crippen molar-refractivity contribution in [2.45, 2.75) is 45.6 Å². The van der Waals surface area contributed by atoms with E-state index in [9.17, 15) is 9.59 Å². The van der Waals surface area contributed by atoms with Crippen LogP contribution in [0.15, 0.2) is 63.5 Å². The Hall–Kier alpha value is -3.85. The lowest BCUT2D eigenvalue weighted by Crippen LogP contribution is -2.40. The van der Waals surface area contributed by atoms with Crippen molar-refractivity contribution >= 4 is 29.1 Å². The molecule has 0 N–H and O–H groups in total. The maximum atomic E-state index is 14.0. The van der Waals surface area contributed by atoms with Crippen molar-refractivity contribution in [3.05, 3.63) is 84.5 Å². The first-order chi connectivity index (χ1) is 19.5. The number of allylic oxidation sites excluding steroid dienone is 1. The van der Waals surface area contributed by atoms with Crippen molar-refractivity contribution in [2.24, 2.45) is 4.99 Å². The lowest BCUT2D eigenvalue weighted by Gasteiger charge is -2.27. The topological polar surface area (TPSA) is 82.4 Å². The zero-order valence-corrected chi connectivity index (χ0v) is 24.3. The van der Waals surface area contributed by atoms with Crippen LogP contribution in [0.3, 0.4) is 0 Å². The zero-order chi connectivity index (χ0) is 28.2. The number of aromatic nitrogens is 1. The SMILES string of the molecule is CCCC1=C(C(=O)OCC)[C@@H](c2cc(OC)ccc2OC)n2c(s/c(=C\c3ccc(N4CCCC4)cc3)c2=O)=N1. The Balaban J connectivity index is 1.70. The van der Waals surface area contributed by atoms with Gasteiger partial charge in [0.05, 0.1) is 36.6 Å². The minimum Gasteiger partial charge on any atom is -0.497 e. The number of thiazole rings is 1. The number of ether oxygens (including phenoxy) is 3. The number of hydrogen-bond acceptors (Lipinski definition) is 8. The van der Waals surface area contributed by atoms with Gasteiger partial charge in [0, 0.05) is 24.3 Å². The van der Waals surface area contributed by atoms with Crippen LogP contribution in [0, 0.1) is 0 Å². The smallest absolute Gasteiger partial charge is 0.338 e. The number of anilines is 1. The molecule has 1 atom stereocenters. The molecule has 2 aliphatic heterocycles. The van der Waals surface area contributed by atoms with Gasteiger partial charge in [-0.25, -0.2) is 9.79 Å². The predicted octanol–water partition coefficient (Wildman–Crippen LogP) is 4.20. The first-order valence-corrected chi connectivity index (χ1v) is 14.6. The number of benzene rings is 2. The number of rotatable bonds is 9. The van der Waals surface area contributed by atoms with E-state index in [4.69, 9.17) is 19.2 Å². The van der Waals surface area contributed by atoms with Crippen LogP contribution in [0.1, 0.15) is 56.7 Å². The van der Waals surface area contributed by atoms with Gasteiger partial charge in [0.2, 0.25) is 0 Å². The van der Waals surface area contributed by atoms with E-state index in [-0.39, 0.29) is 12.2 Å². The first-order valence-electron chi connectivity index (χ1n) is 13.8. The largest absolute Gasteiger partial charge is 0.497 e. The van der Waals surface area contributed by atoms with Crippen molar-refractivity contribution in [2.75, 3.05) is 38.8 Å². The first kappa shape index (κ1) is 27.7. The van der Waals surface area contributed by atoms with Gasteiger partial charge >= 0.3 is 5.97 Å². The van der Waals surface area contributed by atoms with Gasteiger partial charge in [0.25, 0.3) is 5.56 Å². The summed E-state index contributed by atoms with van der Waals surface area (Å²) >= 11 is 1.32. The fourth-order valence-corrected chi connectivity index (χ4v) is 6.40. The van der Waals surface area contributed by atoms with Crippen LogP contribution in [0.25, 0.3) is 6.08 Å². The Morgan fingerprint density at radius 3 is 2.48 bits per heavy atom. The van der Waals surface area contributed by atoms with E-state index in [0.29, 0.717) is 44.1 Å². The monoisotopic (exact) mass is 561 g/mol. The number of esters is 1. The van der Waals surface area contributed by atoms with E-state index in [1.165, 1.54) is 29.9 Å². The van der Waals surface area contributed by atoms with Crippen LogP contribution in [-0.2, 0) is 9.53 Å². The summed E-state index contributed by atoms with van der Waals surface area (Å²) in [7, 11) is 3.15. The van der Waals surface area contributed by atoms with Gasteiger partial charge in [0.1, 0.15) is 17.5 Å². The Bertz CT molecular complexity index is 1600. The van der Waals surface area contributed by atoms with Gasteiger partial charge in [0.15, 0.2) is 4.80 Å². The maximum absolute atomic E-state index is 14.0. The van der Waals surface area contributed by atoms with E-state index in [0.717, 1.165) is 25.1 Å². The second kappa shape index (κ2) is 12.1. The molecule has 0 saturated carbocycles. The molecule has 0 amide bonds. The standard InChI is InChI=1S/C31H35N3O5S/c1-5-9-24-27(30(36)39-6-2)28(23-19-22(37-3)14-15-25(23)38-4)34-29(35)26(40-31(34)32-24)18-20-10-12-21(13-11-20)33-16-7-8-17-33/h10-15,18-19,28H,5-9,16-17H2,1-4H3/b26-18-/t28-/m1/s1. The maximum Gasteiger partial charge on any atom is 0.338 e. The predicted molar refractivity (Wildman–Crippen MR) is 157 cm³/mol. The number of carbonyl (C=O) groups is 1. The van der Waals surface area contributed by atoms with E-state index < -0.39 is 12.0 Å². The highest BCUT2D eigenvalue weighted by atomic mass is 32.1. The van der Waals surface area contributed by atoms with Crippen molar-refractivity contribution in [1.82, 2.24) is 4.57 Å². The van der Waals surface area contributed by atoms with E-state index >= 15 is 0 Å². The average molecular weight is 562 g/mol. The van der Waals surface area contributed by atoms with E-state index in [1.54, 1.807) is 37.8 Å². The molecule has 9 heteroatoms. The van der Waals surface area contributed by atoms with E-state index in [2.05, 4.69) is 17.0 Å². The molecule has 8 nitrogen and oxygen atoms in total. The zero-order valence-electron chi connectivity index (χ0n) is 23.4. The average Bonchev–Trinajstić information content (AvgIpc) is 3.61. The molecule has 1 aromatic heterocycles. The molecule has 2 aliphatic rings. The number of methoxy groups -OCH3 is 2. The molecule has 2 aromatic carbocycles. The molecule has 3 aromatic rings. The third-order valence-electron chi connectivity index (χ3n) is 7.29. The number of carbonyl (C=O) groups excluding carboxylic acids is 1. The fourth-order valence-electron chi connectivity index (χ4n) is 5.38. The van der Waals surface area contributed by atoms with E-state index in [1.807, 2.05) is 31.2 Å². The molecule has 40 heavy (non-hydrogen) atoms. The van der Waals surface area contributed by atoms with Crippen molar-refractivity contribution < 1.29 is 19.0 Å². The summed E-state index contributed by atoms with van der Waals surface area (Å²) in [6, 6.07) is 12.9. The van der Waals surface area contributed by atoms with Crippen molar-refractivity contribution in [1.29, 1.82) is 0 Å². The van der Waals surface area contributed by atoms with Gasteiger partial charge in [-0.05, 0) is 68.2 Å². The molecule has 3 heterocycles. The second-order valence-corrected chi connectivity index (χ2v) is 10.8. The number of hydrogen-bond donors (Lipinski definition) is 0. The summed E-state index contributed by atoms with van der Waals surface area (Å²) in [5, 5.41) is 0. The van der Waals surface area contributed by atoms with Crippen LogP contribution < -0.4 is 29.3 Å². The summed E-state index contributed by atoms with van der Waals surface area (Å²) < 4.78 is 18.8. The third-order valence-corrected chi connectivity index (χ3v) is 8.27. The van der Waals surface area contributed by atoms with Crippen LogP contribution >= 0.6 is 11.3 Å². The molecule has 5 rings (SSSR count). The molecule has 210 valence electrons. The highest BCUT2D eigenvalue weighted by molar-refractivity contribution is 7.07. The molecule has 0 unspecified atom stereocenters. The molecule has 0 spiro atoms. The molecule has 1 saturated heterocycles. The van der Waals surface area contributed by atoms with Gasteiger partial charge < -0.3 is 19.1 Å². The lowest BCUT2D eigenvalue weighted by atomic mass is 9.93. The van der Waals surface area contributed by atoms with Crippen LogP contribution in [-0.4, -0.2) is 44.5 Å². The van der Waals surface area contributed by atoms with Gasteiger partial charge in [-0.1, -0.05) is 36.8 Å². The summed E-state index contributed by atoms with van der Waals surface area (Å²) in [5.74, 6) is 0.641. The van der Waals surface area contributed by atoms with Crippen molar-refractivity contribution in [3.8, 4) is 11.5 Å². The summed E-state index contributed by atoms with van der Waals surface area (Å²) in [6.07, 6.45) is 5.68. The fraction of sp³-hybridized carbons (Fsp3) is 0.387. The van der Waals surface area contributed by atoms with Crippen LogP contribution in [0.5, 0.6) is 11.5 Å². The van der Waals surface area contributed by atoms with Gasteiger partial charge in [-0.3, -0.25) is 9.36 Å². The highest BCUT2D eigenvalue weighted by Gasteiger charge is 2.36. The minimum absolute atomic E-state index is 0.210. The Morgan fingerprint density at radius 1 is 1.07 bits per heavy atom. The molecular weight excluding hydrogens is 526 g/mol. The summed E-state index contributed by atoms with van der Waals surface area (Å²) in [4.78, 5) is 35.3. The minimum atomic E-state index is -0.776. The highest BCUT2D eigenvalue weighted by Crippen LogP contribution is 2.38. The van der Waals surface area contributed by atoms with Crippen molar-refractivity contribution in [3.63, 3.8) is 0 Å². The Morgan fingerprint density at radius 2 is 1.82 bits per heavy atom. The Labute approximate surface area is 237 Å². The molecule has 0 bridgehead atoms. The third kappa shape index (κ3) is 5.30. The molecule has 1 fully saturated rings. The second-order valence-electron chi connectivity index (χ2n) is 9.81. The summed E-state index contributed by atoms with van der Waals surface area (Å²) in [6.45, 7) is 6.17. The number of fused-ring (bicyclic) bond motifs is 1. The quantitative estimate of drug-likeness (QED) is 0.365. The molecule has 0 aliphatic carbocycles. The number of nitrogens with zero attached hydrogens (tertiary/aromatic N) is 3. The van der Waals surface area contributed by atoms with Crippen LogP contribution in [0.2, 0.25) is 0 Å². The molecule has 0 radical (unpaired) electrons. The Kier molecular flexibility index (Phi) is 8.40. The van der Waals surface area contributed by atoms with Gasteiger partial charge in [-0.2, -0.15) is 0 Å². The lowest BCUT2D eigenvalue weighted by molar-refractivity contribution is -0.139. The summed E-state index contributed by atoms with van der Waals surface area (Å²) in [5.41, 5.74) is 3.52. The normalized spacial score (nSPS) is 17.1.